The molecule has 1 fully saturated rings. The summed E-state index contributed by atoms with van der Waals surface area (Å²) < 4.78 is 0. The average molecular weight is 224 g/mol. The van der Waals surface area contributed by atoms with Gasteiger partial charge in [-0.05, 0) is 18.3 Å². The van der Waals surface area contributed by atoms with Crippen LogP contribution in [0.3, 0.4) is 0 Å². The molecule has 1 heterocycles. The van der Waals surface area contributed by atoms with E-state index in [4.69, 9.17) is 0 Å². The second-order valence-electron chi connectivity index (χ2n) is 5.06. The Hall–Kier alpha value is -0.410. The predicted octanol–water partition coefficient (Wildman–Crippen LogP) is 2.85. The molecule has 1 unspecified atom stereocenters. The van der Waals surface area contributed by atoms with Crippen molar-refractivity contribution in [2.45, 2.75) is 45.6 Å². The number of aromatic nitrogens is 1. The van der Waals surface area contributed by atoms with Gasteiger partial charge in [0.2, 0.25) is 0 Å². The lowest BCUT2D eigenvalue weighted by Crippen LogP contribution is -2.38. The van der Waals surface area contributed by atoms with Crippen molar-refractivity contribution < 1.29 is 0 Å². The number of nitrogens with one attached hydrogen (secondary N) is 1. The maximum atomic E-state index is 4.30. The second-order valence-corrected chi connectivity index (χ2v) is 6.04. The van der Waals surface area contributed by atoms with Crippen LogP contribution in [0.25, 0.3) is 0 Å². The van der Waals surface area contributed by atoms with E-state index >= 15 is 0 Å². The second kappa shape index (κ2) is 4.62. The predicted molar refractivity (Wildman–Crippen MR) is 65.2 cm³/mol. The zero-order valence-electron chi connectivity index (χ0n) is 9.62. The summed E-state index contributed by atoms with van der Waals surface area (Å²) >= 11 is 1.75. The molecule has 1 aliphatic carbocycles. The Balaban J connectivity index is 1.74. The summed E-state index contributed by atoms with van der Waals surface area (Å²) in [6, 6.07) is 0.706. The fourth-order valence-electron chi connectivity index (χ4n) is 2.43. The molecule has 0 spiro atoms. The third kappa shape index (κ3) is 2.79. The number of thiazole rings is 1. The van der Waals surface area contributed by atoms with Gasteiger partial charge < -0.3 is 5.32 Å². The van der Waals surface area contributed by atoms with Gasteiger partial charge in [0.15, 0.2) is 0 Å². The molecule has 1 aliphatic rings. The maximum absolute atomic E-state index is 4.30. The van der Waals surface area contributed by atoms with Crippen LogP contribution in [0.2, 0.25) is 0 Å². The van der Waals surface area contributed by atoms with Gasteiger partial charge in [0.05, 0.1) is 5.01 Å². The van der Waals surface area contributed by atoms with Gasteiger partial charge in [-0.25, -0.2) is 4.98 Å². The van der Waals surface area contributed by atoms with Crippen LogP contribution in [0.1, 0.15) is 38.1 Å². The van der Waals surface area contributed by atoms with E-state index in [2.05, 4.69) is 29.5 Å². The highest BCUT2D eigenvalue weighted by Gasteiger charge is 2.33. The highest BCUT2D eigenvalue weighted by atomic mass is 32.1. The summed E-state index contributed by atoms with van der Waals surface area (Å²) in [5.41, 5.74) is 0.489. The minimum Gasteiger partial charge on any atom is -0.313 e. The number of hydrogen-bond donors (Lipinski definition) is 1. The summed E-state index contributed by atoms with van der Waals surface area (Å²) in [5.74, 6) is 0. The van der Waals surface area contributed by atoms with E-state index < -0.39 is 0 Å². The summed E-state index contributed by atoms with van der Waals surface area (Å²) in [5, 5.41) is 6.98. The van der Waals surface area contributed by atoms with Gasteiger partial charge in [-0.1, -0.05) is 20.3 Å². The Labute approximate surface area is 96.1 Å². The highest BCUT2D eigenvalue weighted by Crippen LogP contribution is 2.36. The molecule has 2 rings (SSSR count). The topological polar surface area (TPSA) is 24.9 Å². The normalized spacial score (nSPS) is 24.5. The van der Waals surface area contributed by atoms with Crippen molar-refractivity contribution in [3.8, 4) is 0 Å². The molecule has 0 saturated heterocycles. The largest absolute Gasteiger partial charge is 0.313 e. The summed E-state index contributed by atoms with van der Waals surface area (Å²) in [7, 11) is 0. The molecule has 0 aliphatic heterocycles. The van der Waals surface area contributed by atoms with Gasteiger partial charge in [0.25, 0.3) is 0 Å². The molecule has 2 nitrogen and oxygen atoms in total. The van der Waals surface area contributed by atoms with Crippen LogP contribution >= 0.6 is 11.3 Å². The van der Waals surface area contributed by atoms with Gasteiger partial charge in [0, 0.05) is 30.6 Å². The molecule has 0 amide bonds. The first-order chi connectivity index (χ1) is 7.18. The van der Waals surface area contributed by atoms with E-state index in [1.54, 1.807) is 11.3 Å². The highest BCUT2D eigenvalue weighted by molar-refractivity contribution is 7.09. The SMILES string of the molecule is CC1(C)CCCC1NCCc1nccs1. The van der Waals surface area contributed by atoms with Gasteiger partial charge in [-0.15, -0.1) is 11.3 Å². The number of nitrogens with zero attached hydrogens (tertiary/aromatic N) is 1. The Bertz CT molecular complexity index is 293. The zero-order valence-corrected chi connectivity index (χ0v) is 10.4. The quantitative estimate of drug-likeness (QED) is 0.850. The first-order valence-electron chi connectivity index (χ1n) is 5.80. The van der Waals surface area contributed by atoms with Crippen molar-refractivity contribution in [1.29, 1.82) is 0 Å². The number of hydrogen-bond acceptors (Lipinski definition) is 3. The minimum atomic E-state index is 0.489. The lowest BCUT2D eigenvalue weighted by molar-refractivity contribution is 0.285. The maximum Gasteiger partial charge on any atom is 0.0937 e. The van der Waals surface area contributed by atoms with E-state index in [9.17, 15) is 0 Å². The van der Waals surface area contributed by atoms with Crippen molar-refractivity contribution in [3.63, 3.8) is 0 Å². The smallest absolute Gasteiger partial charge is 0.0937 e. The standard InChI is InChI=1S/C12H20N2S/c1-12(2)6-3-4-10(12)13-7-5-11-14-8-9-15-11/h8-10,13H,3-7H2,1-2H3. The van der Waals surface area contributed by atoms with Gasteiger partial charge in [-0.3, -0.25) is 0 Å². The summed E-state index contributed by atoms with van der Waals surface area (Å²) in [6.45, 7) is 5.82. The van der Waals surface area contributed by atoms with Crippen molar-refractivity contribution in [2.24, 2.45) is 5.41 Å². The van der Waals surface area contributed by atoms with Crippen LogP contribution in [-0.4, -0.2) is 17.6 Å². The molecule has 0 radical (unpaired) electrons. The van der Waals surface area contributed by atoms with Crippen molar-refractivity contribution >= 4 is 11.3 Å². The fraction of sp³-hybridized carbons (Fsp3) is 0.750. The molecule has 1 atom stereocenters. The Morgan fingerprint density at radius 2 is 2.47 bits per heavy atom. The molecule has 1 aromatic rings. The molecule has 0 aromatic carbocycles. The Morgan fingerprint density at radius 1 is 1.60 bits per heavy atom. The Kier molecular flexibility index (Phi) is 3.42. The van der Waals surface area contributed by atoms with Gasteiger partial charge in [-0.2, -0.15) is 0 Å². The summed E-state index contributed by atoms with van der Waals surface area (Å²) in [6.07, 6.45) is 7.04. The van der Waals surface area contributed by atoms with Crippen LogP contribution < -0.4 is 5.32 Å². The van der Waals surface area contributed by atoms with Crippen LogP contribution in [0.4, 0.5) is 0 Å². The third-order valence-corrected chi connectivity index (χ3v) is 4.31. The molecule has 1 N–H and O–H groups in total. The van der Waals surface area contributed by atoms with Crippen molar-refractivity contribution in [3.05, 3.63) is 16.6 Å². The van der Waals surface area contributed by atoms with E-state index in [-0.39, 0.29) is 0 Å². The monoisotopic (exact) mass is 224 g/mol. The molecule has 1 aromatic heterocycles. The molecule has 3 heteroatoms. The van der Waals surface area contributed by atoms with Crippen LogP contribution in [0, 0.1) is 5.41 Å². The molecular weight excluding hydrogens is 204 g/mol. The zero-order chi connectivity index (χ0) is 10.7. The minimum absolute atomic E-state index is 0.489. The third-order valence-electron chi connectivity index (χ3n) is 3.47. The van der Waals surface area contributed by atoms with E-state index in [0.717, 1.165) is 13.0 Å². The lowest BCUT2D eigenvalue weighted by Gasteiger charge is -2.27. The molecule has 1 saturated carbocycles. The fourth-order valence-corrected chi connectivity index (χ4v) is 3.06. The van der Waals surface area contributed by atoms with Crippen LogP contribution in [0.15, 0.2) is 11.6 Å². The van der Waals surface area contributed by atoms with Crippen molar-refractivity contribution in [2.75, 3.05) is 6.54 Å². The average Bonchev–Trinajstić information content (AvgIpc) is 2.77. The number of rotatable bonds is 4. The van der Waals surface area contributed by atoms with Crippen LogP contribution in [0.5, 0.6) is 0 Å². The van der Waals surface area contributed by atoms with E-state index in [1.165, 1.54) is 24.3 Å². The lowest BCUT2D eigenvalue weighted by atomic mass is 9.87. The van der Waals surface area contributed by atoms with Crippen molar-refractivity contribution in [1.82, 2.24) is 10.3 Å². The summed E-state index contributed by atoms with van der Waals surface area (Å²) in [4.78, 5) is 4.30. The van der Waals surface area contributed by atoms with E-state index in [0.29, 0.717) is 11.5 Å². The van der Waals surface area contributed by atoms with E-state index in [1.807, 2.05) is 6.20 Å². The van der Waals surface area contributed by atoms with Gasteiger partial charge >= 0.3 is 0 Å². The van der Waals surface area contributed by atoms with Gasteiger partial charge in [0.1, 0.15) is 0 Å². The molecular formula is C12H20N2S. The first kappa shape index (κ1) is 11.1. The van der Waals surface area contributed by atoms with Crippen LogP contribution in [-0.2, 0) is 6.42 Å². The molecule has 0 bridgehead atoms. The molecule has 15 heavy (non-hydrogen) atoms. The first-order valence-corrected chi connectivity index (χ1v) is 6.68. The Morgan fingerprint density at radius 3 is 3.07 bits per heavy atom. The molecule has 84 valence electrons.